The second-order valence-electron chi connectivity index (χ2n) is 4.48. The van der Waals surface area contributed by atoms with Gasteiger partial charge in [0.05, 0.1) is 24.9 Å². The van der Waals surface area contributed by atoms with Gasteiger partial charge < -0.3 is 14.1 Å². The smallest absolute Gasteiger partial charge is 0.297 e. The van der Waals surface area contributed by atoms with Crippen LogP contribution in [0.3, 0.4) is 0 Å². The van der Waals surface area contributed by atoms with Gasteiger partial charge >= 0.3 is 0 Å². The van der Waals surface area contributed by atoms with Crippen molar-refractivity contribution < 1.29 is 9.15 Å². The number of hydrogen-bond acceptors (Lipinski definition) is 4. The normalized spacial score (nSPS) is 23.4. The Morgan fingerprint density at radius 2 is 2.44 bits per heavy atom. The van der Waals surface area contributed by atoms with Gasteiger partial charge in [0.1, 0.15) is 6.26 Å². The van der Waals surface area contributed by atoms with Crippen LogP contribution in [0.25, 0.3) is 0 Å². The number of nitrogens with zero attached hydrogens (tertiary/aromatic N) is 2. The molecule has 1 aromatic heterocycles. The Morgan fingerprint density at radius 3 is 3.12 bits per heavy atom. The highest BCUT2D eigenvalue weighted by Crippen LogP contribution is 2.24. The molecule has 1 fully saturated rings. The van der Waals surface area contributed by atoms with Crippen LogP contribution < -0.4 is 4.90 Å². The van der Waals surface area contributed by atoms with Crippen molar-refractivity contribution in [2.45, 2.75) is 39.2 Å². The van der Waals surface area contributed by atoms with Gasteiger partial charge in [0.25, 0.3) is 6.01 Å². The minimum atomic E-state index is 0.345. The monoisotopic (exact) mass is 224 g/mol. The SMILES string of the molecule is CCC(C)c1coc(N2CCOC[C@@H]2C)n1. The summed E-state index contributed by atoms with van der Waals surface area (Å²) in [6.07, 6.45) is 2.87. The maximum Gasteiger partial charge on any atom is 0.297 e. The van der Waals surface area contributed by atoms with E-state index >= 15 is 0 Å². The average Bonchev–Trinajstić information content (AvgIpc) is 2.78. The number of hydrogen-bond donors (Lipinski definition) is 0. The summed E-state index contributed by atoms with van der Waals surface area (Å²) in [5.74, 6) is 0.467. The van der Waals surface area contributed by atoms with E-state index in [1.807, 2.05) is 0 Å². The van der Waals surface area contributed by atoms with Crippen LogP contribution in [-0.4, -0.2) is 30.8 Å². The highest BCUT2D eigenvalue weighted by atomic mass is 16.5. The fourth-order valence-corrected chi connectivity index (χ4v) is 1.85. The molecule has 4 nitrogen and oxygen atoms in total. The Balaban J connectivity index is 2.11. The molecule has 0 N–H and O–H groups in total. The van der Waals surface area contributed by atoms with Gasteiger partial charge in [-0.1, -0.05) is 13.8 Å². The summed E-state index contributed by atoms with van der Waals surface area (Å²) in [5.41, 5.74) is 1.05. The minimum Gasteiger partial charge on any atom is -0.432 e. The van der Waals surface area contributed by atoms with Gasteiger partial charge in [0.2, 0.25) is 0 Å². The summed E-state index contributed by atoms with van der Waals surface area (Å²) in [4.78, 5) is 6.73. The van der Waals surface area contributed by atoms with Gasteiger partial charge in [-0.25, -0.2) is 0 Å². The standard InChI is InChI=1S/C12H20N2O2/c1-4-9(2)11-8-16-12(13-11)14-5-6-15-7-10(14)3/h8-10H,4-7H2,1-3H3/t9?,10-/m0/s1. The highest BCUT2D eigenvalue weighted by Gasteiger charge is 2.23. The van der Waals surface area contributed by atoms with Gasteiger partial charge in [-0.05, 0) is 13.3 Å². The Morgan fingerprint density at radius 1 is 1.62 bits per heavy atom. The van der Waals surface area contributed by atoms with Crippen molar-refractivity contribution in [1.29, 1.82) is 0 Å². The fourth-order valence-electron chi connectivity index (χ4n) is 1.85. The maximum absolute atomic E-state index is 5.56. The zero-order chi connectivity index (χ0) is 11.5. The van der Waals surface area contributed by atoms with E-state index in [0.717, 1.165) is 37.9 Å². The van der Waals surface area contributed by atoms with Crippen molar-refractivity contribution >= 4 is 6.01 Å². The zero-order valence-corrected chi connectivity index (χ0v) is 10.3. The summed E-state index contributed by atoms with van der Waals surface area (Å²) in [6.45, 7) is 8.83. The molecule has 0 saturated carbocycles. The number of rotatable bonds is 3. The lowest BCUT2D eigenvalue weighted by atomic mass is 10.1. The first kappa shape index (κ1) is 11.5. The van der Waals surface area contributed by atoms with Crippen LogP contribution >= 0.6 is 0 Å². The molecule has 2 atom stereocenters. The highest BCUT2D eigenvalue weighted by molar-refractivity contribution is 5.30. The van der Waals surface area contributed by atoms with Crippen LogP contribution in [0.1, 0.15) is 38.8 Å². The molecule has 0 radical (unpaired) electrons. The van der Waals surface area contributed by atoms with Crippen molar-refractivity contribution in [1.82, 2.24) is 4.98 Å². The lowest BCUT2D eigenvalue weighted by Gasteiger charge is -2.31. The predicted octanol–water partition coefficient (Wildman–Crippen LogP) is 2.41. The summed E-state index contributed by atoms with van der Waals surface area (Å²) in [5, 5.41) is 0. The van der Waals surface area contributed by atoms with Gasteiger partial charge in [0, 0.05) is 12.5 Å². The third kappa shape index (κ3) is 2.21. The third-order valence-electron chi connectivity index (χ3n) is 3.24. The summed E-state index contributed by atoms with van der Waals surface area (Å²) >= 11 is 0. The van der Waals surface area contributed by atoms with E-state index in [0.29, 0.717) is 12.0 Å². The van der Waals surface area contributed by atoms with Gasteiger partial charge in [0.15, 0.2) is 0 Å². The molecule has 1 aliphatic rings. The van der Waals surface area contributed by atoms with Crippen LogP contribution in [0, 0.1) is 0 Å². The minimum absolute atomic E-state index is 0.345. The molecule has 0 bridgehead atoms. The van der Waals surface area contributed by atoms with Crippen molar-refractivity contribution in [3.8, 4) is 0 Å². The topological polar surface area (TPSA) is 38.5 Å². The zero-order valence-electron chi connectivity index (χ0n) is 10.3. The largest absolute Gasteiger partial charge is 0.432 e. The van der Waals surface area contributed by atoms with E-state index in [9.17, 15) is 0 Å². The molecule has 4 heteroatoms. The van der Waals surface area contributed by atoms with Gasteiger partial charge in [-0.2, -0.15) is 4.98 Å². The van der Waals surface area contributed by atoms with Crippen LogP contribution in [0.5, 0.6) is 0 Å². The molecule has 90 valence electrons. The molecule has 0 aliphatic carbocycles. The summed E-state index contributed by atoms with van der Waals surface area (Å²) in [7, 11) is 0. The Kier molecular flexibility index (Phi) is 3.49. The van der Waals surface area contributed by atoms with E-state index in [1.54, 1.807) is 6.26 Å². The van der Waals surface area contributed by atoms with E-state index in [4.69, 9.17) is 9.15 Å². The summed E-state index contributed by atoms with van der Waals surface area (Å²) < 4.78 is 11.0. The molecule has 1 unspecified atom stereocenters. The predicted molar refractivity (Wildman–Crippen MR) is 62.8 cm³/mol. The van der Waals surface area contributed by atoms with E-state index in [2.05, 4.69) is 30.7 Å². The van der Waals surface area contributed by atoms with E-state index in [-0.39, 0.29) is 0 Å². The number of morpholine rings is 1. The van der Waals surface area contributed by atoms with Gasteiger partial charge in [-0.3, -0.25) is 0 Å². The molecule has 16 heavy (non-hydrogen) atoms. The van der Waals surface area contributed by atoms with Crippen LogP contribution in [0.15, 0.2) is 10.7 Å². The first-order valence-electron chi connectivity index (χ1n) is 6.02. The summed E-state index contributed by atoms with van der Waals surface area (Å²) in [6, 6.07) is 1.09. The Labute approximate surface area is 96.6 Å². The second kappa shape index (κ2) is 4.87. The van der Waals surface area contributed by atoms with Gasteiger partial charge in [-0.15, -0.1) is 0 Å². The molecule has 0 amide bonds. The van der Waals surface area contributed by atoms with Crippen LogP contribution in [-0.2, 0) is 4.74 Å². The molecular weight excluding hydrogens is 204 g/mol. The first-order valence-corrected chi connectivity index (χ1v) is 6.02. The fraction of sp³-hybridized carbons (Fsp3) is 0.750. The van der Waals surface area contributed by atoms with E-state index in [1.165, 1.54) is 0 Å². The van der Waals surface area contributed by atoms with Crippen molar-refractivity contribution in [3.05, 3.63) is 12.0 Å². The van der Waals surface area contributed by atoms with Crippen LogP contribution in [0.4, 0.5) is 6.01 Å². The maximum atomic E-state index is 5.56. The van der Waals surface area contributed by atoms with Crippen molar-refractivity contribution in [2.24, 2.45) is 0 Å². The Hall–Kier alpha value is -1.03. The number of ether oxygens (including phenoxy) is 1. The molecule has 0 aromatic carbocycles. The second-order valence-corrected chi connectivity index (χ2v) is 4.48. The lowest BCUT2D eigenvalue weighted by Crippen LogP contribution is -2.43. The lowest BCUT2D eigenvalue weighted by molar-refractivity contribution is 0.0961. The van der Waals surface area contributed by atoms with E-state index < -0.39 is 0 Å². The number of aromatic nitrogens is 1. The molecule has 1 saturated heterocycles. The number of oxazole rings is 1. The molecule has 1 aliphatic heterocycles. The molecule has 0 spiro atoms. The molecular formula is C12H20N2O2. The quantitative estimate of drug-likeness (QED) is 0.790. The molecule has 2 heterocycles. The first-order chi connectivity index (χ1) is 7.72. The molecule has 2 rings (SSSR count). The van der Waals surface area contributed by atoms with Crippen molar-refractivity contribution in [2.75, 3.05) is 24.7 Å². The Bertz CT molecular complexity index is 338. The average molecular weight is 224 g/mol. The number of anilines is 1. The third-order valence-corrected chi connectivity index (χ3v) is 3.24. The van der Waals surface area contributed by atoms with Crippen molar-refractivity contribution in [3.63, 3.8) is 0 Å². The molecule has 1 aromatic rings. The van der Waals surface area contributed by atoms with Crippen LogP contribution in [0.2, 0.25) is 0 Å².